The van der Waals surface area contributed by atoms with E-state index in [1.54, 1.807) is 109 Å². The summed E-state index contributed by atoms with van der Waals surface area (Å²) in [6.07, 6.45) is -4.73. The molecule has 0 N–H and O–H groups in total. The molecule has 354 valence electrons. The molecule has 1 heterocycles. The number of cyclic esters (lactones) is 3. The first-order valence-corrected chi connectivity index (χ1v) is 23.1. The highest BCUT2D eigenvalue weighted by atomic mass is 16.6. The highest BCUT2D eigenvalue weighted by Gasteiger charge is 2.43. The van der Waals surface area contributed by atoms with Crippen molar-refractivity contribution in [3.8, 4) is 0 Å². The van der Waals surface area contributed by atoms with Crippen LogP contribution >= 0.6 is 0 Å². The molecule has 3 amide bonds. The lowest BCUT2D eigenvalue weighted by Crippen LogP contribution is -2.56. The van der Waals surface area contributed by atoms with Gasteiger partial charge in [0, 0.05) is 59.7 Å². The number of carbonyl (C=O) groups is 6. The highest BCUT2D eigenvalue weighted by Crippen LogP contribution is 2.23. The van der Waals surface area contributed by atoms with Crippen molar-refractivity contribution in [2.45, 2.75) is 75.0 Å². The minimum absolute atomic E-state index is 0.0182. The first-order valence-electron chi connectivity index (χ1n) is 23.1. The van der Waals surface area contributed by atoms with Crippen molar-refractivity contribution >= 4 is 35.6 Å². The van der Waals surface area contributed by atoms with Crippen molar-refractivity contribution in [1.29, 1.82) is 0 Å². The number of likely N-dealkylation sites (N-methyl/N-ethyl adjacent to an activating group) is 3. The zero-order valence-corrected chi connectivity index (χ0v) is 39.0. The SMILES string of the molecule is CN1C(=O)C(Cc2ccccc2)OC(=O)C(Cc2ccccc2)N(C)C(=O)C(Cc2ccccc2)OC(=O)C(Cc2ccccc2)N(C)C(=O)C(Cc2ccccc2)OC(=O)C1Cc1ccccc1. The summed E-state index contributed by atoms with van der Waals surface area (Å²) in [4.78, 5) is 93.6. The maximum absolute atomic E-state index is 15.1. The molecule has 6 aromatic carbocycles. The molecule has 12 heteroatoms. The van der Waals surface area contributed by atoms with Crippen LogP contribution in [0.2, 0.25) is 0 Å². The third-order valence-corrected chi connectivity index (χ3v) is 12.5. The topological polar surface area (TPSA) is 140 Å². The van der Waals surface area contributed by atoms with Crippen molar-refractivity contribution in [2.24, 2.45) is 0 Å². The summed E-state index contributed by atoms with van der Waals surface area (Å²) in [6, 6.07) is 50.3. The quantitative estimate of drug-likeness (QED) is 0.0973. The van der Waals surface area contributed by atoms with E-state index >= 15 is 14.4 Å². The number of hydrogen-bond donors (Lipinski definition) is 0. The molecule has 0 bridgehead atoms. The van der Waals surface area contributed by atoms with Gasteiger partial charge in [-0.1, -0.05) is 182 Å². The van der Waals surface area contributed by atoms with Gasteiger partial charge in [-0.2, -0.15) is 0 Å². The van der Waals surface area contributed by atoms with Crippen molar-refractivity contribution < 1.29 is 43.0 Å². The number of esters is 3. The van der Waals surface area contributed by atoms with E-state index in [1.165, 1.54) is 35.8 Å². The monoisotopic (exact) mass is 927 g/mol. The van der Waals surface area contributed by atoms with Crippen LogP contribution in [0.15, 0.2) is 182 Å². The molecule has 6 unspecified atom stereocenters. The molecule has 0 saturated carbocycles. The van der Waals surface area contributed by atoms with Gasteiger partial charge in [0.05, 0.1) is 0 Å². The first-order chi connectivity index (χ1) is 33.4. The van der Waals surface area contributed by atoms with Crippen molar-refractivity contribution in [3.05, 3.63) is 215 Å². The van der Waals surface area contributed by atoms with Gasteiger partial charge >= 0.3 is 17.9 Å². The van der Waals surface area contributed by atoms with Crippen molar-refractivity contribution in [2.75, 3.05) is 21.1 Å². The number of amides is 3. The Morgan fingerprint density at radius 2 is 0.464 bits per heavy atom. The zero-order valence-electron chi connectivity index (χ0n) is 39.0. The summed E-state index contributed by atoms with van der Waals surface area (Å²) in [5, 5.41) is 0. The maximum atomic E-state index is 15.1. The molecule has 6 atom stereocenters. The molecule has 1 fully saturated rings. The average molecular weight is 928 g/mol. The molecule has 6 aromatic rings. The summed E-state index contributed by atoms with van der Waals surface area (Å²) in [6.45, 7) is 0. The standard InChI is InChI=1S/C57H57N3O9/c1-58-46(34-40-22-10-4-11-23-40)55(64)68-50(38-44-30-18-8-19-31-44)53(62)60(3)48(36-42-26-14-6-15-27-42)57(66)69-51(39-45-32-20-9-21-33-45)54(63)59(2)47(35-41-24-12-5-13-25-41)56(65)67-49(52(58)61)37-43-28-16-7-17-29-43/h4-33,46-51H,34-39H2,1-3H3. The Hall–Kier alpha value is -7.86. The fraction of sp³-hybridized carbons (Fsp3) is 0.263. The molecule has 1 aliphatic heterocycles. The van der Waals surface area contributed by atoms with E-state index in [0.29, 0.717) is 33.4 Å². The number of hydrogen-bond acceptors (Lipinski definition) is 9. The second-order valence-electron chi connectivity index (χ2n) is 17.3. The van der Waals surface area contributed by atoms with Gasteiger partial charge in [-0.05, 0) is 33.4 Å². The predicted octanol–water partition coefficient (Wildman–Crippen LogP) is 6.67. The fourth-order valence-electron chi connectivity index (χ4n) is 8.47. The third kappa shape index (κ3) is 13.2. The van der Waals surface area contributed by atoms with E-state index in [0.717, 1.165) is 0 Å². The molecular formula is C57H57N3O9. The van der Waals surface area contributed by atoms with Gasteiger partial charge in [-0.25, -0.2) is 14.4 Å². The van der Waals surface area contributed by atoms with Gasteiger partial charge in [0.15, 0.2) is 18.3 Å². The third-order valence-electron chi connectivity index (χ3n) is 12.5. The number of carbonyl (C=O) groups excluding carboxylic acids is 6. The zero-order chi connectivity index (χ0) is 48.7. The Morgan fingerprint density at radius 3 is 0.652 bits per heavy atom. The van der Waals surface area contributed by atoms with Gasteiger partial charge in [0.25, 0.3) is 17.7 Å². The minimum atomic E-state index is -1.48. The normalized spacial score (nSPS) is 21.2. The second kappa shape index (κ2) is 23.7. The van der Waals surface area contributed by atoms with Gasteiger partial charge in [0.1, 0.15) is 18.1 Å². The molecule has 0 aliphatic carbocycles. The summed E-state index contributed by atoms with van der Waals surface area (Å²) in [5.74, 6) is -4.79. The van der Waals surface area contributed by atoms with Crippen LogP contribution in [0.1, 0.15) is 33.4 Å². The largest absolute Gasteiger partial charge is 0.450 e. The van der Waals surface area contributed by atoms with E-state index in [2.05, 4.69) is 0 Å². The van der Waals surface area contributed by atoms with Gasteiger partial charge in [0.2, 0.25) is 0 Å². The Labute approximate surface area is 403 Å². The molecule has 0 radical (unpaired) electrons. The fourth-order valence-corrected chi connectivity index (χ4v) is 8.47. The molecule has 7 rings (SSSR count). The minimum Gasteiger partial charge on any atom is -0.450 e. The van der Waals surface area contributed by atoms with E-state index < -0.39 is 72.1 Å². The van der Waals surface area contributed by atoms with E-state index in [9.17, 15) is 14.4 Å². The summed E-state index contributed by atoms with van der Waals surface area (Å²) < 4.78 is 18.8. The molecule has 12 nitrogen and oxygen atoms in total. The molecule has 0 spiro atoms. The van der Waals surface area contributed by atoms with E-state index in [4.69, 9.17) is 14.2 Å². The van der Waals surface area contributed by atoms with Crippen LogP contribution in [-0.2, 0) is 81.5 Å². The Bertz CT molecular complexity index is 2350. The predicted molar refractivity (Wildman–Crippen MR) is 260 cm³/mol. The highest BCUT2D eigenvalue weighted by molar-refractivity contribution is 5.94. The second-order valence-corrected chi connectivity index (χ2v) is 17.3. The summed E-state index contributed by atoms with van der Waals surface area (Å²) in [5.41, 5.74) is 4.09. The van der Waals surface area contributed by atoms with Crippen LogP contribution in [0.5, 0.6) is 0 Å². The van der Waals surface area contributed by atoms with Gasteiger partial charge in [-0.15, -0.1) is 0 Å². The van der Waals surface area contributed by atoms with Crippen LogP contribution in [-0.4, -0.2) is 108 Å². The maximum Gasteiger partial charge on any atom is 0.329 e. The lowest BCUT2D eigenvalue weighted by Gasteiger charge is -2.35. The number of rotatable bonds is 12. The summed E-state index contributed by atoms with van der Waals surface area (Å²) in [7, 11) is 4.33. The lowest BCUT2D eigenvalue weighted by atomic mass is 10.0. The molecule has 1 aliphatic rings. The van der Waals surface area contributed by atoms with Crippen LogP contribution in [0.25, 0.3) is 0 Å². The van der Waals surface area contributed by atoms with E-state index in [1.807, 2.05) is 72.8 Å². The number of ether oxygens (including phenoxy) is 3. The van der Waals surface area contributed by atoms with E-state index in [-0.39, 0.29) is 38.5 Å². The van der Waals surface area contributed by atoms with Crippen LogP contribution in [0.3, 0.4) is 0 Å². The Morgan fingerprint density at radius 1 is 0.290 bits per heavy atom. The summed E-state index contributed by atoms with van der Waals surface area (Å²) >= 11 is 0. The molecular weight excluding hydrogens is 871 g/mol. The van der Waals surface area contributed by atoms with Crippen LogP contribution in [0.4, 0.5) is 0 Å². The Balaban J connectivity index is 1.37. The van der Waals surface area contributed by atoms with Crippen molar-refractivity contribution in [1.82, 2.24) is 14.7 Å². The average Bonchev–Trinajstić information content (AvgIpc) is 3.38. The first kappa shape index (κ1) is 49.1. The van der Waals surface area contributed by atoms with Crippen LogP contribution in [0, 0.1) is 0 Å². The molecule has 1 saturated heterocycles. The molecule has 69 heavy (non-hydrogen) atoms. The molecule has 0 aromatic heterocycles. The Kier molecular flexibility index (Phi) is 16.9. The van der Waals surface area contributed by atoms with Gasteiger partial charge in [-0.3, -0.25) is 14.4 Å². The van der Waals surface area contributed by atoms with Crippen molar-refractivity contribution in [3.63, 3.8) is 0 Å². The number of benzene rings is 6. The lowest BCUT2D eigenvalue weighted by molar-refractivity contribution is -0.176. The van der Waals surface area contributed by atoms with Gasteiger partial charge < -0.3 is 28.9 Å². The van der Waals surface area contributed by atoms with Crippen LogP contribution < -0.4 is 0 Å². The smallest absolute Gasteiger partial charge is 0.329 e. The number of nitrogens with zero attached hydrogens (tertiary/aromatic N) is 3.